The van der Waals surface area contributed by atoms with E-state index >= 15 is 0 Å². The van der Waals surface area contributed by atoms with E-state index in [1.807, 2.05) is 37.4 Å². The third-order valence-electron chi connectivity index (χ3n) is 2.30. The molecule has 3 heteroatoms. The van der Waals surface area contributed by atoms with E-state index in [9.17, 15) is 0 Å². The van der Waals surface area contributed by atoms with Crippen molar-refractivity contribution in [2.45, 2.75) is 25.1 Å². The maximum Gasteiger partial charge on any atom is 0.0890 e. The van der Waals surface area contributed by atoms with Crippen molar-refractivity contribution >= 4 is 22.6 Å². The molecule has 1 aromatic heterocycles. The number of nitrogens with zero attached hydrogens (tertiary/aromatic N) is 2. The van der Waals surface area contributed by atoms with E-state index in [-0.39, 0.29) is 5.38 Å². The lowest BCUT2D eigenvalue weighted by atomic mass is 10.2. The molecule has 0 saturated heterocycles. The Morgan fingerprint density at radius 1 is 1.27 bits per heavy atom. The van der Waals surface area contributed by atoms with Gasteiger partial charge < -0.3 is 0 Å². The minimum Gasteiger partial charge on any atom is -0.253 e. The highest BCUT2D eigenvalue weighted by atomic mass is 35.5. The number of fused-ring (bicyclic) bond motifs is 1. The van der Waals surface area contributed by atoms with Crippen molar-refractivity contribution < 1.29 is 0 Å². The molecule has 2 rings (SSSR count). The molecule has 2 aromatic rings. The molecule has 78 valence electrons. The fourth-order valence-corrected chi connectivity index (χ4v) is 1.57. The van der Waals surface area contributed by atoms with Gasteiger partial charge in [-0.1, -0.05) is 12.1 Å². The maximum absolute atomic E-state index is 5.90. The van der Waals surface area contributed by atoms with E-state index < -0.39 is 0 Å². The second-order valence-corrected chi connectivity index (χ2v) is 4.41. The summed E-state index contributed by atoms with van der Waals surface area (Å²) in [6, 6.07) is 7.90. The van der Waals surface area contributed by atoms with Gasteiger partial charge in [0.05, 0.1) is 16.7 Å². The van der Waals surface area contributed by atoms with Gasteiger partial charge in [0.25, 0.3) is 0 Å². The molecule has 0 radical (unpaired) electrons. The zero-order valence-corrected chi connectivity index (χ0v) is 9.41. The highest BCUT2D eigenvalue weighted by Gasteiger charge is 2.01. The third-order valence-corrected chi connectivity index (χ3v) is 2.51. The first-order valence-corrected chi connectivity index (χ1v) is 5.54. The second-order valence-electron chi connectivity index (χ2n) is 3.67. The summed E-state index contributed by atoms with van der Waals surface area (Å²) in [4.78, 5) is 8.88. The molecule has 0 fully saturated rings. The standard InChI is InChI=1S/C12H13ClN2/c1-9(13)6-7-10-8-14-11-4-2-3-5-12(11)15-10/h2-5,8-9H,6-7H2,1H3. The lowest BCUT2D eigenvalue weighted by Crippen LogP contribution is -1.98. The lowest BCUT2D eigenvalue weighted by molar-refractivity contribution is 0.784. The van der Waals surface area contributed by atoms with Gasteiger partial charge in [-0.2, -0.15) is 0 Å². The summed E-state index contributed by atoms with van der Waals surface area (Å²) < 4.78 is 0. The van der Waals surface area contributed by atoms with Gasteiger partial charge in [0.15, 0.2) is 0 Å². The van der Waals surface area contributed by atoms with Crippen LogP contribution in [-0.2, 0) is 6.42 Å². The summed E-state index contributed by atoms with van der Waals surface area (Å²) in [6.45, 7) is 2.00. The largest absolute Gasteiger partial charge is 0.253 e. The second kappa shape index (κ2) is 4.58. The van der Waals surface area contributed by atoms with Crippen LogP contribution in [0.5, 0.6) is 0 Å². The van der Waals surface area contributed by atoms with Crippen LogP contribution in [0.1, 0.15) is 19.0 Å². The first-order chi connectivity index (χ1) is 7.25. The molecule has 1 aromatic carbocycles. The highest BCUT2D eigenvalue weighted by molar-refractivity contribution is 6.20. The van der Waals surface area contributed by atoms with Crippen LogP contribution in [0, 0.1) is 0 Å². The molecule has 0 N–H and O–H groups in total. The predicted molar refractivity (Wildman–Crippen MR) is 63.2 cm³/mol. The zero-order chi connectivity index (χ0) is 10.7. The fraction of sp³-hybridized carbons (Fsp3) is 0.333. The van der Waals surface area contributed by atoms with Crippen molar-refractivity contribution in [3.63, 3.8) is 0 Å². The summed E-state index contributed by atoms with van der Waals surface area (Å²) in [7, 11) is 0. The van der Waals surface area contributed by atoms with Crippen LogP contribution < -0.4 is 0 Å². The number of rotatable bonds is 3. The normalized spacial score (nSPS) is 12.9. The van der Waals surface area contributed by atoms with Gasteiger partial charge in [-0.15, -0.1) is 11.6 Å². The van der Waals surface area contributed by atoms with E-state index in [1.165, 1.54) is 0 Å². The van der Waals surface area contributed by atoms with Crippen LogP contribution in [0.25, 0.3) is 11.0 Å². The Morgan fingerprint density at radius 3 is 2.73 bits per heavy atom. The summed E-state index contributed by atoms with van der Waals surface area (Å²) >= 11 is 5.90. The number of para-hydroxylation sites is 2. The molecular weight excluding hydrogens is 208 g/mol. The number of alkyl halides is 1. The van der Waals surface area contributed by atoms with Gasteiger partial charge in [-0.05, 0) is 31.9 Å². The van der Waals surface area contributed by atoms with Crippen molar-refractivity contribution in [2.75, 3.05) is 0 Å². The molecule has 1 heterocycles. The molecule has 1 unspecified atom stereocenters. The Bertz CT molecular complexity index is 454. The van der Waals surface area contributed by atoms with E-state index in [4.69, 9.17) is 11.6 Å². The van der Waals surface area contributed by atoms with E-state index in [1.54, 1.807) is 0 Å². The van der Waals surface area contributed by atoms with Crippen LogP contribution in [-0.4, -0.2) is 15.3 Å². The predicted octanol–water partition coefficient (Wildman–Crippen LogP) is 3.19. The summed E-state index contributed by atoms with van der Waals surface area (Å²) in [5.74, 6) is 0. The van der Waals surface area contributed by atoms with E-state index in [2.05, 4.69) is 9.97 Å². The Balaban J connectivity index is 2.23. The first kappa shape index (κ1) is 10.4. The number of benzene rings is 1. The molecule has 0 aliphatic carbocycles. The molecule has 0 saturated carbocycles. The average molecular weight is 221 g/mol. The topological polar surface area (TPSA) is 25.8 Å². The molecule has 1 atom stereocenters. The third kappa shape index (κ3) is 2.66. The molecule has 15 heavy (non-hydrogen) atoms. The molecule has 0 aliphatic rings. The minimum absolute atomic E-state index is 0.193. The Morgan fingerprint density at radius 2 is 2.00 bits per heavy atom. The van der Waals surface area contributed by atoms with Crippen LogP contribution in [0.3, 0.4) is 0 Å². The van der Waals surface area contributed by atoms with Crippen LogP contribution >= 0.6 is 11.6 Å². The summed E-state index contributed by atoms with van der Waals surface area (Å²) in [5, 5.41) is 0.193. The number of hydrogen-bond donors (Lipinski definition) is 0. The molecule has 0 amide bonds. The van der Waals surface area contributed by atoms with E-state index in [0.29, 0.717) is 0 Å². The average Bonchev–Trinajstić information content (AvgIpc) is 2.26. The smallest absolute Gasteiger partial charge is 0.0890 e. The quantitative estimate of drug-likeness (QED) is 0.743. The van der Waals surface area contributed by atoms with Gasteiger partial charge in [-0.3, -0.25) is 4.98 Å². The Labute approximate surface area is 94.3 Å². The SMILES string of the molecule is CC(Cl)CCc1cnc2ccccc2n1. The van der Waals surface area contributed by atoms with Crippen LogP contribution in [0.4, 0.5) is 0 Å². The number of hydrogen-bond acceptors (Lipinski definition) is 2. The van der Waals surface area contributed by atoms with Gasteiger partial charge in [-0.25, -0.2) is 4.98 Å². The number of aryl methyl sites for hydroxylation is 1. The molecule has 0 spiro atoms. The molecular formula is C12H13ClN2. The van der Waals surface area contributed by atoms with Crippen molar-refractivity contribution in [3.8, 4) is 0 Å². The van der Waals surface area contributed by atoms with Crippen molar-refractivity contribution in [1.82, 2.24) is 9.97 Å². The van der Waals surface area contributed by atoms with E-state index in [0.717, 1.165) is 29.6 Å². The van der Waals surface area contributed by atoms with Crippen molar-refractivity contribution in [3.05, 3.63) is 36.2 Å². The number of halogens is 1. The van der Waals surface area contributed by atoms with Gasteiger partial charge >= 0.3 is 0 Å². The zero-order valence-electron chi connectivity index (χ0n) is 8.65. The van der Waals surface area contributed by atoms with Gasteiger partial charge in [0.2, 0.25) is 0 Å². The summed E-state index contributed by atoms with van der Waals surface area (Å²) in [5.41, 5.74) is 2.92. The Kier molecular flexibility index (Phi) is 3.17. The molecule has 2 nitrogen and oxygen atoms in total. The molecule has 0 bridgehead atoms. The lowest BCUT2D eigenvalue weighted by Gasteiger charge is -2.03. The number of aromatic nitrogens is 2. The van der Waals surface area contributed by atoms with Gasteiger partial charge in [0, 0.05) is 11.6 Å². The first-order valence-electron chi connectivity index (χ1n) is 5.10. The fourth-order valence-electron chi connectivity index (χ4n) is 1.46. The maximum atomic E-state index is 5.90. The van der Waals surface area contributed by atoms with Gasteiger partial charge in [0.1, 0.15) is 0 Å². The van der Waals surface area contributed by atoms with Crippen LogP contribution in [0.2, 0.25) is 0 Å². The summed E-state index contributed by atoms with van der Waals surface area (Å²) in [6.07, 6.45) is 3.67. The minimum atomic E-state index is 0.193. The Hall–Kier alpha value is -1.15. The van der Waals surface area contributed by atoms with Crippen LogP contribution in [0.15, 0.2) is 30.5 Å². The molecule has 0 aliphatic heterocycles. The highest BCUT2D eigenvalue weighted by Crippen LogP contribution is 2.11. The van der Waals surface area contributed by atoms with Crippen molar-refractivity contribution in [2.24, 2.45) is 0 Å². The van der Waals surface area contributed by atoms with Crippen molar-refractivity contribution in [1.29, 1.82) is 0 Å². The monoisotopic (exact) mass is 220 g/mol.